The Kier molecular flexibility index (Phi) is 5.50. The second-order valence-corrected chi connectivity index (χ2v) is 10.5. The Morgan fingerprint density at radius 2 is 1.89 bits per heavy atom. The number of benzene rings is 2. The van der Waals surface area contributed by atoms with Crippen LogP contribution in [0.15, 0.2) is 69.6 Å². The Balaban J connectivity index is 1.16. The first-order chi connectivity index (χ1) is 18.6. The number of nitrogens with zero attached hydrogens (tertiary/aromatic N) is 6. The van der Waals surface area contributed by atoms with Crippen LogP contribution in [0.25, 0.3) is 21.3 Å². The summed E-state index contributed by atoms with van der Waals surface area (Å²) in [6.45, 7) is 5.16. The van der Waals surface area contributed by atoms with Gasteiger partial charge in [-0.25, -0.2) is 4.98 Å². The van der Waals surface area contributed by atoms with Gasteiger partial charge >= 0.3 is 6.01 Å². The van der Waals surface area contributed by atoms with Crippen LogP contribution < -0.4 is 10.2 Å². The van der Waals surface area contributed by atoms with Crippen LogP contribution in [0, 0.1) is 0 Å². The molecular formula is C27H23N7O3S. The van der Waals surface area contributed by atoms with Crippen molar-refractivity contribution in [1.29, 1.82) is 0 Å². The van der Waals surface area contributed by atoms with Crippen LogP contribution in [-0.4, -0.2) is 43.7 Å². The number of rotatable bonds is 8. The second-order valence-electron chi connectivity index (χ2n) is 9.48. The molecule has 2 aliphatic rings. The number of aromatic nitrogens is 5. The fourth-order valence-corrected chi connectivity index (χ4v) is 5.57. The Morgan fingerprint density at radius 3 is 2.68 bits per heavy atom. The molecule has 0 unspecified atom stereocenters. The predicted molar refractivity (Wildman–Crippen MR) is 141 cm³/mol. The van der Waals surface area contributed by atoms with E-state index in [4.69, 9.17) is 8.83 Å². The highest BCUT2D eigenvalue weighted by Crippen LogP contribution is 2.39. The van der Waals surface area contributed by atoms with Crippen LogP contribution in [0.1, 0.15) is 52.7 Å². The van der Waals surface area contributed by atoms with E-state index in [0.717, 1.165) is 52.8 Å². The lowest BCUT2D eigenvalue weighted by molar-refractivity contribution is 0.100. The summed E-state index contributed by atoms with van der Waals surface area (Å²) in [6.07, 6.45) is 2.93. The number of hydrogen-bond acceptors (Lipinski definition) is 11. The molecule has 7 rings (SSSR count). The van der Waals surface area contributed by atoms with E-state index in [1.807, 2.05) is 41.3 Å². The summed E-state index contributed by atoms with van der Waals surface area (Å²) in [6, 6.07) is 16.1. The maximum Gasteiger partial charge on any atom is 0.319 e. The van der Waals surface area contributed by atoms with Crippen LogP contribution in [0.3, 0.4) is 0 Å². The molecular weight excluding hydrogens is 502 g/mol. The van der Waals surface area contributed by atoms with Crippen molar-refractivity contribution in [2.24, 2.45) is 0 Å². The zero-order chi connectivity index (χ0) is 25.6. The summed E-state index contributed by atoms with van der Waals surface area (Å²) in [7, 11) is 0. The zero-order valence-corrected chi connectivity index (χ0v) is 21.1. The fraction of sp³-hybridized carbons (Fsp3) is 0.259. The molecule has 1 aliphatic heterocycles. The molecule has 0 amide bonds. The summed E-state index contributed by atoms with van der Waals surface area (Å²) in [5.74, 6) is 0.948. The van der Waals surface area contributed by atoms with Gasteiger partial charge in [0.15, 0.2) is 5.01 Å². The smallest absolute Gasteiger partial charge is 0.319 e. The van der Waals surface area contributed by atoms with Crippen molar-refractivity contribution in [3.05, 3.63) is 83.5 Å². The Hall–Kier alpha value is -4.38. The molecule has 1 N–H and O–H groups in total. The number of fused-ring (bicyclic) bond motifs is 1. The van der Waals surface area contributed by atoms with Gasteiger partial charge in [-0.05, 0) is 42.5 Å². The third-order valence-electron chi connectivity index (χ3n) is 6.81. The molecule has 2 aromatic carbocycles. The van der Waals surface area contributed by atoms with E-state index in [1.165, 1.54) is 11.3 Å². The van der Waals surface area contributed by atoms with Crippen molar-refractivity contribution in [2.45, 2.75) is 37.8 Å². The van der Waals surface area contributed by atoms with Crippen LogP contribution in [0.5, 0.6) is 0 Å². The molecule has 11 heteroatoms. The van der Waals surface area contributed by atoms with Crippen molar-refractivity contribution < 1.29 is 13.6 Å². The Labute approximate surface area is 221 Å². The van der Waals surface area contributed by atoms with E-state index >= 15 is 0 Å². The Morgan fingerprint density at radius 1 is 1.03 bits per heavy atom. The van der Waals surface area contributed by atoms with E-state index < -0.39 is 5.78 Å². The summed E-state index contributed by atoms with van der Waals surface area (Å²) in [5, 5.41) is 20.2. The van der Waals surface area contributed by atoms with Gasteiger partial charge in [-0.2, -0.15) is 0 Å². The first-order valence-corrected chi connectivity index (χ1v) is 13.3. The Bertz CT molecular complexity index is 1650. The molecule has 0 bridgehead atoms. The van der Waals surface area contributed by atoms with Gasteiger partial charge in [-0.15, -0.1) is 26.6 Å². The van der Waals surface area contributed by atoms with Gasteiger partial charge in [-0.3, -0.25) is 4.79 Å². The van der Waals surface area contributed by atoms with Crippen molar-refractivity contribution in [3.63, 3.8) is 0 Å². The molecule has 4 heterocycles. The van der Waals surface area contributed by atoms with E-state index in [1.54, 1.807) is 0 Å². The van der Waals surface area contributed by atoms with Gasteiger partial charge in [0.05, 0.1) is 16.3 Å². The molecule has 0 radical (unpaired) electrons. The summed E-state index contributed by atoms with van der Waals surface area (Å²) in [5.41, 5.74) is 3.74. The quantitative estimate of drug-likeness (QED) is 0.285. The average molecular weight is 526 g/mol. The molecule has 1 atom stereocenters. The lowest BCUT2D eigenvalue weighted by Crippen LogP contribution is -2.35. The minimum Gasteiger partial charge on any atom is -0.423 e. The van der Waals surface area contributed by atoms with Gasteiger partial charge in [0.1, 0.15) is 6.54 Å². The first kappa shape index (κ1) is 22.8. The molecule has 1 saturated heterocycles. The number of nitrogens with one attached hydrogen (secondary N) is 1. The van der Waals surface area contributed by atoms with Gasteiger partial charge < -0.3 is 19.1 Å². The number of ketones is 1. The molecule has 38 heavy (non-hydrogen) atoms. The minimum absolute atomic E-state index is 0.117. The van der Waals surface area contributed by atoms with Crippen LogP contribution >= 0.6 is 11.3 Å². The van der Waals surface area contributed by atoms with E-state index in [9.17, 15) is 4.79 Å². The van der Waals surface area contributed by atoms with Crippen molar-refractivity contribution in [1.82, 2.24) is 30.7 Å². The van der Waals surface area contributed by atoms with Crippen molar-refractivity contribution >= 4 is 33.4 Å². The highest BCUT2D eigenvalue weighted by Gasteiger charge is 2.34. The average Bonchev–Trinajstić information content (AvgIpc) is 3.34. The minimum atomic E-state index is -0.414. The van der Waals surface area contributed by atoms with Gasteiger partial charge in [0.25, 0.3) is 11.7 Å². The van der Waals surface area contributed by atoms with Crippen LogP contribution in [0.4, 0.5) is 6.01 Å². The highest BCUT2D eigenvalue weighted by atomic mass is 32.1. The highest BCUT2D eigenvalue weighted by molar-refractivity contribution is 7.20. The SMILES string of the molecule is C=C1NCC[C@@H]1N(Cc1nnc(C2CC2)o1)c1nnc(C(=O)c2nc3ccc(-c4ccccc4)cc3s2)o1. The standard InChI is InChI=1S/C27H23N7O3S/c1-15-20(11-12-28-15)34(14-22-30-31-24(36-22)17-7-8-17)27-33-32-25(37-27)23(35)26-29-19-10-9-18(13-21(19)38-26)16-5-3-2-4-6-16/h2-6,9-10,13,17,20,28H,1,7-8,11-12,14H2/t20-/m0/s1. The first-order valence-electron chi connectivity index (χ1n) is 12.5. The third-order valence-corrected chi connectivity index (χ3v) is 7.82. The molecule has 5 aromatic rings. The molecule has 2 fully saturated rings. The molecule has 190 valence electrons. The number of anilines is 1. The fourth-order valence-electron chi connectivity index (χ4n) is 4.63. The number of thiazole rings is 1. The molecule has 10 nitrogen and oxygen atoms in total. The molecule has 3 aromatic heterocycles. The normalized spacial score (nSPS) is 17.2. The van der Waals surface area contributed by atoms with E-state index in [-0.39, 0.29) is 24.5 Å². The summed E-state index contributed by atoms with van der Waals surface area (Å²) in [4.78, 5) is 19.7. The lowest BCUT2D eigenvalue weighted by atomic mass is 10.1. The zero-order valence-electron chi connectivity index (χ0n) is 20.3. The van der Waals surface area contributed by atoms with Crippen molar-refractivity contribution in [3.8, 4) is 11.1 Å². The van der Waals surface area contributed by atoms with E-state index in [2.05, 4.69) is 49.4 Å². The second kappa shape index (κ2) is 9.18. The molecule has 1 saturated carbocycles. The number of carbonyl (C=O) groups excluding carboxylic acids is 1. The predicted octanol–water partition coefficient (Wildman–Crippen LogP) is 4.72. The summed E-state index contributed by atoms with van der Waals surface area (Å²) >= 11 is 1.31. The third kappa shape index (κ3) is 4.24. The maximum absolute atomic E-state index is 13.3. The topological polar surface area (TPSA) is 123 Å². The molecule has 0 spiro atoms. The van der Waals surface area contributed by atoms with Crippen molar-refractivity contribution in [2.75, 3.05) is 11.4 Å². The van der Waals surface area contributed by atoms with Crippen LogP contribution in [0.2, 0.25) is 0 Å². The monoisotopic (exact) mass is 525 g/mol. The van der Waals surface area contributed by atoms with Gasteiger partial charge in [-0.1, -0.05) is 48.1 Å². The number of hydrogen-bond donors (Lipinski definition) is 1. The van der Waals surface area contributed by atoms with Gasteiger partial charge in [0, 0.05) is 18.2 Å². The largest absolute Gasteiger partial charge is 0.423 e. The number of carbonyl (C=O) groups is 1. The van der Waals surface area contributed by atoms with Gasteiger partial charge in [0.2, 0.25) is 11.8 Å². The molecule has 1 aliphatic carbocycles. The maximum atomic E-state index is 13.3. The summed E-state index contributed by atoms with van der Waals surface area (Å²) < 4.78 is 12.7. The van der Waals surface area contributed by atoms with Crippen LogP contribution in [-0.2, 0) is 6.54 Å². The lowest BCUT2D eigenvalue weighted by Gasteiger charge is -2.25. The van der Waals surface area contributed by atoms with E-state index in [0.29, 0.717) is 22.7 Å².